The van der Waals surface area contributed by atoms with Crippen LogP contribution in [-0.2, 0) is 4.79 Å². The molecule has 0 unspecified atom stereocenters. The summed E-state index contributed by atoms with van der Waals surface area (Å²) in [5.41, 5.74) is -0.850. The van der Waals surface area contributed by atoms with Gasteiger partial charge < -0.3 is 14.7 Å². The molecule has 0 spiro atoms. The molecule has 1 aliphatic heterocycles. The lowest BCUT2D eigenvalue weighted by Crippen LogP contribution is -2.64. The number of amides is 1. The normalized spacial score (nSPS) is 16.2. The van der Waals surface area contributed by atoms with E-state index in [2.05, 4.69) is 0 Å². The fraction of sp³-hybridized carbons (Fsp3) is 0.500. The molecular formula is C14H18N2O5. The first-order chi connectivity index (χ1) is 9.93. The van der Waals surface area contributed by atoms with Gasteiger partial charge in [-0.3, -0.25) is 14.9 Å². The fourth-order valence-corrected chi connectivity index (χ4v) is 2.39. The number of β-amino-alcohol motifs (C(OH)–C–C–N with tert-alkyl or cyclic N) is 1. The lowest BCUT2D eigenvalue weighted by molar-refractivity contribution is -0.384. The number of hydrogen-bond acceptors (Lipinski definition) is 5. The van der Waals surface area contributed by atoms with Gasteiger partial charge in [-0.2, -0.15) is 0 Å². The van der Waals surface area contributed by atoms with E-state index in [1.165, 1.54) is 23.1 Å². The molecule has 0 bridgehead atoms. The van der Waals surface area contributed by atoms with Crippen LogP contribution in [0.3, 0.4) is 0 Å². The lowest BCUT2D eigenvalue weighted by Gasteiger charge is -2.46. The van der Waals surface area contributed by atoms with E-state index in [-0.39, 0.29) is 24.0 Å². The maximum absolute atomic E-state index is 11.9. The molecule has 7 nitrogen and oxygen atoms in total. The first-order valence-electron chi connectivity index (χ1n) is 6.81. The molecule has 0 aromatic heterocycles. The van der Waals surface area contributed by atoms with Gasteiger partial charge in [0.05, 0.1) is 29.7 Å². The largest absolute Gasteiger partial charge is 0.484 e. The highest BCUT2D eigenvalue weighted by atomic mass is 16.6. The van der Waals surface area contributed by atoms with Gasteiger partial charge in [-0.25, -0.2) is 0 Å². The van der Waals surface area contributed by atoms with Crippen LogP contribution in [0.25, 0.3) is 0 Å². The average molecular weight is 294 g/mol. The molecule has 1 saturated heterocycles. The molecule has 114 valence electrons. The molecule has 1 aromatic carbocycles. The molecule has 21 heavy (non-hydrogen) atoms. The lowest BCUT2D eigenvalue weighted by atomic mass is 9.89. The van der Waals surface area contributed by atoms with Crippen LogP contribution in [0, 0.1) is 10.1 Å². The standard InChI is InChI=1S/C14H18N2O5/c1-2-6-14(18)9-15(10-14)13(17)8-21-12-5-3-4-11(7-12)16(19)20/h3-5,7,18H,2,6,8-10H2,1H3. The Kier molecular flexibility index (Phi) is 4.42. The summed E-state index contributed by atoms with van der Waals surface area (Å²) in [7, 11) is 0. The third-order valence-electron chi connectivity index (χ3n) is 3.43. The summed E-state index contributed by atoms with van der Waals surface area (Å²) >= 11 is 0. The van der Waals surface area contributed by atoms with Crippen LogP contribution in [0.1, 0.15) is 19.8 Å². The molecule has 0 radical (unpaired) electrons. The van der Waals surface area contributed by atoms with Crippen molar-refractivity contribution in [2.45, 2.75) is 25.4 Å². The summed E-state index contributed by atoms with van der Waals surface area (Å²) in [5.74, 6) is 0.0455. The van der Waals surface area contributed by atoms with E-state index in [1.54, 1.807) is 6.07 Å². The first-order valence-corrected chi connectivity index (χ1v) is 6.81. The third-order valence-corrected chi connectivity index (χ3v) is 3.43. The number of hydrogen-bond donors (Lipinski definition) is 1. The van der Waals surface area contributed by atoms with Crippen molar-refractivity contribution in [1.82, 2.24) is 4.90 Å². The molecule has 2 rings (SSSR count). The Bertz CT molecular complexity index is 540. The molecule has 0 aliphatic carbocycles. The van der Waals surface area contributed by atoms with E-state index < -0.39 is 10.5 Å². The quantitative estimate of drug-likeness (QED) is 0.631. The van der Waals surface area contributed by atoms with Crippen molar-refractivity contribution in [3.63, 3.8) is 0 Å². The predicted octanol–water partition coefficient (Wildman–Crippen LogP) is 1.35. The topological polar surface area (TPSA) is 92.9 Å². The van der Waals surface area contributed by atoms with Gasteiger partial charge in [0.15, 0.2) is 6.61 Å². The Hall–Kier alpha value is -2.15. The SMILES string of the molecule is CCCC1(O)CN(C(=O)COc2cccc([N+](=O)[O-])c2)C1. The number of carbonyl (C=O) groups is 1. The van der Waals surface area contributed by atoms with Crippen LogP contribution in [-0.4, -0.2) is 46.1 Å². The highest BCUT2D eigenvalue weighted by Gasteiger charge is 2.42. The summed E-state index contributed by atoms with van der Waals surface area (Å²) in [6, 6.07) is 5.69. The van der Waals surface area contributed by atoms with Crippen molar-refractivity contribution in [2.75, 3.05) is 19.7 Å². The monoisotopic (exact) mass is 294 g/mol. The van der Waals surface area contributed by atoms with Crippen LogP contribution in [0.15, 0.2) is 24.3 Å². The zero-order valence-electron chi connectivity index (χ0n) is 11.8. The number of ether oxygens (including phenoxy) is 1. The minimum Gasteiger partial charge on any atom is -0.484 e. The van der Waals surface area contributed by atoms with Crippen molar-refractivity contribution in [2.24, 2.45) is 0 Å². The number of carbonyl (C=O) groups excluding carboxylic acids is 1. The van der Waals surface area contributed by atoms with Gasteiger partial charge in [0, 0.05) is 6.07 Å². The molecule has 0 saturated carbocycles. The Labute approximate surface area is 122 Å². The Morgan fingerprint density at radius 2 is 2.24 bits per heavy atom. The van der Waals surface area contributed by atoms with E-state index >= 15 is 0 Å². The molecule has 1 aromatic rings. The van der Waals surface area contributed by atoms with Gasteiger partial charge in [0.25, 0.3) is 11.6 Å². The van der Waals surface area contributed by atoms with Gasteiger partial charge in [0.1, 0.15) is 5.75 Å². The smallest absolute Gasteiger partial charge is 0.273 e. The van der Waals surface area contributed by atoms with Crippen LogP contribution < -0.4 is 4.74 Å². The number of likely N-dealkylation sites (tertiary alicyclic amines) is 1. The third kappa shape index (κ3) is 3.69. The van der Waals surface area contributed by atoms with Gasteiger partial charge in [-0.15, -0.1) is 0 Å². The first kappa shape index (κ1) is 15.2. The maximum atomic E-state index is 11.9. The summed E-state index contributed by atoms with van der Waals surface area (Å²) in [5, 5.41) is 20.6. The zero-order chi connectivity index (χ0) is 15.5. The van der Waals surface area contributed by atoms with E-state index in [0.29, 0.717) is 19.5 Å². The van der Waals surface area contributed by atoms with Crippen LogP contribution >= 0.6 is 0 Å². The molecular weight excluding hydrogens is 276 g/mol. The number of nitro benzene ring substituents is 1. The van der Waals surface area contributed by atoms with E-state index in [1.807, 2.05) is 6.92 Å². The van der Waals surface area contributed by atoms with Crippen molar-refractivity contribution in [1.29, 1.82) is 0 Å². The molecule has 1 amide bonds. The molecule has 1 N–H and O–H groups in total. The van der Waals surface area contributed by atoms with Crippen LogP contribution in [0.2, 0.25) is 0 Å². The fourth-order valence-electron chi connectivity index (χ4n) is 2.39. The molecule has 1 aliphatic rings. The Morgan fingerprint density at radius 3 is 2.86 bits per heavy atom. The van der Waals surface area contributed by atoms with Gasteiger partial charge in [-0.05, 0) is 12.5 Å². The average Bonchev–Trinajstić information content (AvgIpc) is 2.42. The van der Waals surface area contributed by atoms with Crippen LogP contribution in [0.4, 0.5) is 5.69 Å². The molecule has 1 fully saturated rings. The molecule has 7 heteroatoms. The summed E-state index contributed by atoms with van der Waals surface area (Å²) in [6.07, 6.45) is 1.53. The zero-order valence-corrected chi connectivity index (χ0v) is 11.8. The molecule has 1 heterocycles. The summed E-state index contributed by atoms with van der Waals surface area (Å²) in [6.45, 7) is 2.42. The maximum Gasteiger partial charge on any atom is 0.273 e. The van der Waals surface area contributed by atoms with Crippen molar-refractivity contribution < 1.29 is 19.6 Å². The minimum absolute atomic E-state index is 0.0822. The van der Waals surface area contributed by atoms with E-state index in [9.17, 15) is 20.0 Å². The van der Waals surface area contributed by atoms with E-state index in [4.69, 9.17) is 4.74 Å². The number of rotatable bonds is 6. The number of non-ortho nitro benzene ring substituents is 1. The molecule has 0 atom stereocenters. The number of aliphatic hydroxyl groups is 1. The van der Waals surface area contributed by atoms with Gasteiger partial charge in [-0.1, -0.05) is 19.4 Å². The highest BCUT2D eigenvalue weighted by molar-refractivity contribution is 5.79. The van der Waals surface area contributed by atoms with Gasteiger partial charge in [0.2, 0.25) is 0 Å². The van der Waals surface area contributed by atoms with Gasteiger partial charge >= 0.3 is 0 Å². The summed E-state index contributed by atoms with van der Waals surface area (Å²) < 4.78 is 5.27. The minimum atomic E-state index is -0.768. The second-order valence-corrected chi connectivity index (χ2v) is 5.27. The Morgan fingerprint density at radius 1 is 1.52 bits per heavy atom. The number of benzene rings is 1. The number of nitrogens with zero attached hydrogens (tertiary/aromatic N) is 2. The van der Waals surface area contributed by atoms with Crippen LogP contribution in [0.5, 0.6) is 5.75 Å². The predicted molar refractivity (Wildman–Crippen MR) is 75.0 cm³/mol. The second-order valence-electron chi connectivity index (χ2n) is 5.27. The van der Waals surface area contributed by atoms with Crippen molar-refractivity contribution >= 4 is 11.6 Å². The summed E-state index contributed by atoms with van der Waals surface area (Å²) in [4.78, 5) is 23.5. The highest BCUT2D eigenvalue weighted by Crippen LogP contribution is 2.26. The van der Waals surface area contributed by atoms with Crippen molar-refractivity contribution in [3.8, 4) is 5.75 Å². The number of nitro groups is 1. The Balaban J connectivity index is 1.83. The van der Waals surface area contributed by atoms with Crippen molar-refractivity contribution in [3.05, 3.63) is 34.4 Å². The second kappa shape index (κ2) is 6.09. The van der Waals surface area contributed by atoms with E-state index in [0.717, 1.165) is 6.42 Å².